The van der Waals surface area contributed by atoms with Gasteiger partial charge in [0.1, 0.15) is 6.10 Å². The molecule has 0 saturated heterocycles. The van der Waals surface area contributed by atoms with Crippen molar-refractivity contribution >= 4 is 0 Å². The van der Waals surface area contributed by atoms with Crippen LogP contribution in [0.4, 0.5) is 13.2 Å². The lowest BCUT2D eigenvalue weighted by molar-refractivity contribution is 0.0454. The number of hydrogen-bond acceptors (Lipinski definition) is 4. The Morgan fingerprint density at radius 3 is 1.56 bits per heavy atom. The maximum Gasteiger partial charge on any atom is 0.207 e. The normalized spacial score (nSPS) is 31.0. The molecule has 0 bridgehead atoms. The van der Waals surface area contributed by atoms with E-state index in [4.69, 9.17) is 14.2 Å². The van der Waals surface area contributed by atoms with Gasteiger partial charge in [-0.2, -0.15) is 8.78 Å². The molecule has 0 radical (unpaired) electrons. The van der Waals surface area contributed by atoms with Crippen LogP contribution in [0.3, 0.4) is 0 Å². The quantitative estimate of drug-likeness (QED) is 0.182. The molecule has 1 N–H and O–H groups in total. The minimum absolute atomic E-state index is 0.0216. The van der Waals surface area contributed by atoms with Crippen LogP contribution in [0.1, 0.15) is 192 Å². The predicted molar refractivity (Wildman–Crippen MR) is 225 cm³/mol. The van der Waals surface area contributed by atoms with Gasteiger partial charge in [-0.1, -0.05) is 104 Å². The zero-order chi connectivity index (χ0) is 40.3. The van der Waals surface area contributed by atoms with Crippen LogP contribution in [-0.4, -0.2) is 30.5 Å². The van der Waals surface area contributed by atoms with Crippen LogP contribution in [0.2, 0.25) is 0 Å². The Hall–Kier alpha value is -2.41. The summed E-state index contributed by atoms with van der Waals surface area (Å²) >= 11 is 0. The number of fused-ring (bicyclic) bond motifs is 3. The van der Waals surface area contributed by atoms with E-state index in [2.05, 4.69) is 26.8 Å². The molecule has 1 aliphatic heterocycles. The van der Waals surface area contributed by atoms with Crippen molar-refractivity contribution in [1.29, 1.82) is 0 Å². The van der Waals surface area contributed by atoms with Crippen molar-refractivity contribution in [2.75, 3.05) is 13.2 Å². The predicted octanol–water partition coefficient (Wildman–Crippen LogP) is 14.3. The Kier molecular flexibility index (Phi) is 16.8. The fourth-order valence-corrected chi connectivity index (χ4v) is 11.6. The van der Waals surface area contributed by atoms with Gasteiger partial charge in [0.15, 0.2) is 23.1 Å². The fraction of sp³-hybridized carbons (Fsp3) is 0.760. The van der Waals surface area contributed by atoms with Crippen molar-refractivity contribution in [1.82, 2.24) is 0 Å². The van der Waals surface area contributed by atoms with Crippen molar-refractivity contribution in [2.45, 2.75) is 193 Å². The summed E-state index contributed by atoms with van der Waals surface area (Å²) in [5.74, 6) is 3.52. The Balaban J connectivity index is 0.000000193. The maximum atomic E-state index is 15.0. The molecular weight excluding hydrogens is 722 g/mol. The lowest BCUT2D eigenvalue weighted by Gasteiger charge is -2.40. The van der Waals surface area contributed by atoms with Gasteiger partial charge in [-0.3, -0.25) is 0 Å². The molecule has 0 aromatic heterocycles. The van der Waals surface area contributed by atoms with Gasteiger partial charge in [0.2, 0.25) is 11.6 Å². The van der Waals surface area contributed by atoms with E-state index in [1.54, 1.807) is 6.07 Å². The van der Waals surface area contributed by atoms with Gasteiger partial charge in [-0.15, -0.1) is 0 Å². The second kappa shape index (κ2) is 21.7. The number of halogens is 3. The molecule has 57 heavy (non-hydrogen) atoms. The molecule has 7 heteroatoms. The summed E-state index contributed by atoms with van der Waals surface area (Å²) in [5, 5.41) is 10.8. The number of ether oxygens (including phenoxy) is 3. The number of hydrogen-bond donors (Lipinski definition) is 1. The van der Waals surface area contributed by atoms with Gasteiger partial charge in [0.25, 0.3) is 0 Å². The number of benzene rings is 2. The third kappa shape index (κ3) is 11.1. The van der Waals surface area contributed by atoms with Crippen LogP contribution in [-0.2, 0) is 0 Å². The molecule has 7 rings (SSSR count). The number of unbranched alkanes of at least 4 members (excludes halogenated alkanes) is 2. The van der Waals surface area contributed by atoms with E-state index in [0.29, 0.717) is 54.5 Å². The van der Waals surface area contributed by atoms with Crippen LogP contribution in [0, 0.1) is 53.0 Å². The standard InChI is InChI=1S/C25H38F2O2.C25H37FO2/c1-3-5-15-29-23-14-13-21(24(26)25(23)27)20-12-11-19(16-22(20)28)18-9-7-17(6-4-2)8-10-18;1-3-5-15-27-22-14-13-21-20-12-11-19(16-23(20)28-25(21)24(22)26)18-9-7-17(6-4-2)8-10-18/h13-14,17-20,22,28H,3-12,15-16H2,1-2H3;13-14,17-20,23H,3-12,15-16H2,1-2H3/t17?,18?,19-,20+,22?;17?,18?,19-,20+,23?/m11/s1. The molecule has 6 atom stereocenters. The van der Waals surface area contributed by atoms with Crippen molar-refractivity contribution in [2.24, 2.45) is 35.5 Å². The third-order valence-corrected chi connectivity index (χ3v) is 14.9. The molecule has 0 amide bonds. The molecule has 5 aliphatic rings. The largest absolute Gasteiger partial charge is 0.490 e. The van der Waals surface area contributed by atoms with Crippen LogP contribution in [0.5, 0.6) is 17.2 Å². The molecule has 2 unspecified atom stereocenters. The molecule has 2 aromatic rings. The summed E-state index contributed by atoms with van der Waals surface area (Å²) in [6.45, 7) is 9.67. The zero-order valence-electron chi connectivity index (χ0n) is 35.9. The minimum atomic E-state index is -0.915. The first kappa shape index (κ1) is 44.2. The highest BCUT2D eigenvalue weighted by molar-refractivity contribution is 5.48. The lowest BCUT2D eigenvalue weighted by atomic mass is 9.67. The second-order valence-corrected chi connectivity index (χ2v) is 18.7. The van der Waals surface area contributed by atoms with Crippen LogP contribution in [0.15, 0.2) is 24.3 Å². The monoisotopic (exact) mass is 797 g/mol. The zero-order valence-corrected chi connectivity index (χ0v) is 35.9. The highest BCUT2D eigenvalue weighted by Crippen LogP contribution is 2.52. The molecule has 1 heterocycles. The van der Waals surface area contributed by atoms with E-state index in [1.807, 2.05) is 13.0 Å². The smallest absolute Gasteiger partial charge is 0.207 e. The van der Waals surface area contributed by atoms with Crippen molar-refractivity contribution in [3.8, 4) is 17.2 Å². The van der Waals surface area contributed by atoms with Gasteiger partial charge in [-0.25, -0.2) is 4.39 Å². The molecule has 4 saturated carbocycles. The van der Waals surface area contributed by atoms with Crippen molar-refractivity contribution < 1.29 is 32.5 Å². The van der Waals surface area contributed by atoms with E-state index in [0.717, 1.165) is 80.6 Å². The average Bonchev–Trinajstić information content (AvgIpc) is 3.61. The summed E-state index contributed by atoms with van der Waals surface area (Å²) in [4.78, 5) is 0. The van der Waals surface area contributed by atoms with Crippen LogP contribution in [0.25, 0.3) is 0 Å². The summed E-state index contributed by atoms with van der Waals surface area (Å²) < 4.78 is 61.4. The topological polar surface area (TPSA) is 47.9 Å². The summed E-state index contributed by atoms with van der Waals surface area (Å²) in [6, 6.07) is 7.01. The van der Waals surface area contributed by atoms with Gasteiger partial charge in [0, 0.05) is 17.4 Å². The third-order valence-electron chi connectivity index (χ3n) is 14.9. The Labute approximate surface area is 343 Å². The minimum Gasteiger partial charge on any atom is -0.490 e. The molecule has 0 spiro atoms. The van der Waals surface area contributed by atoms with Gasteiger partial charge >= 0.3 is 0 Å². The van der Waals surface area contributed by atoms with Gasteiger partial charge < -0.3 is 19.3 Å². The molecular formula is C50H75F3O4. The summed E-state index contributed by atoms with van der Waals surface area (Å²) in [5.41, 5.74) is 1.39. The summed E-state index contributed by atoms with van der Waals surface area (Å²) in [7, 11) is 0. The highest BCUT2D eigenvalue weighted by Gasteiger charge is 2.44. The first-order chi connectivity index (χ1) is 27.8. The molecule has 320 valence electrons. The van der Waals surface area contributed by atoms with E-state index in [1.165, 1.54) is 89.5 Å². The first-order valence-corrected chi connectivity index (χ1v) is 23.7. The average molecular weight is 797 g/mol. The van der Waals surface area contributed by atoms with E-state index >= 15 is 0 Å². The molecule has 4 fully saturated rings. The number of aliphatic hydroxyl groups excluding tert-OH is 1. The molecule has 4 aliphatic carbocycles. The van der Waals surface area contributed by atoms with E-state index < -0.39 is 17.7 Å². The second-order valence-electron chi connectivity index (χ2n) is 18.7. The van der Waals surface area contributed by atoms with Crippen LogP contribution >= 0.6 is 0 Å². The number of aliphatic hydroxyl groups is 1. The number of rotatable bonds is 15. The molecule has 4 nitrogen and oxygen atoms in total. The Morgan fingerprint density at radius 2 is 1.04 bits per heavy atom. The lowest BCUT2D eigenvalue weighted by Crippen LogP contribution is -2.33. The first-order valence-electron chi connectivity index (χ1n) is 23.7. The van der Waals surface area contributed by atoms with Crippen LogP contribution < -0.4 is 14.2 Å². The summed E-state index contributed by atoms with van der Waals surface area (Å²) in [6.07, 6.45) is 25.4. The Morgan fingerprint density at radius 1 is 0.544 bits per heavy atom. The molecule has 2 aromatic carbocycles. The Bertz CT molecular complexity index is 1520. The fourth-order valence-electron chi connectivity index (χ4n) is 11.6. The van der Waals surface area contributed by atoms with E-state index in [-0.39, 0.29) is 23.6 Å². The van der Waals surface area contributed by atoms with E-state index in [9.17, 15) is 18.3 Å². The van der Waals surface area contributed by atoms with Gasteiger partial charge in [-0.05, 0) is 130 Å². The highest BCUT2D eigenvalue weighted by atomic mass is 19.2. The SMILES string of the molecule is CCCCOc1ccc([C@@H]2CC[C@@H](C3CCC(CCC)CC3)CC2O)c(F)c1F.CCCCOc1ccc2c(c1F)OC1C[C@H](C3CCC(CCC)CC3)CC[C@@H]21. The van der Waals surface area contributed by atoms with Crippen molar-refractivity contribution in [3.63, 3.8) is 0 Å². The van der Waals surface area contributed by atoms with Gasteiger partial charge in [0.05, 0.1) is 19.3 Å². The maximum absolute atomic E-state index is 15.0. The van der Waals surface area contributed by atoms with Crippen molar-refractivity contribution in [3.05, 3.63) is 52.8 Å².